The van der Waals surface area contributed by atoms with Gasteiger partial charge in [-0.25, -0.2) is 9.67 Å². The fraction of sp³-hybridized carbons (Fsp3) is 0.200. The number of alkyl halides is 3. The summed E-state index contributed by atoms with van der Waals surface area (Å²) >= 11 is 1.06. The zero-order valence-corrected chi connectivity index (χ0v) is 18.2. The molecule has 4 aromatic rings. The molecular formula is C20H17F3N8OS. The van der Waals surface area contributed by atoms with Gasteiger partial charge < -0.3 is 5.32 Å². The van der Waals surface area contributed by atoms with Gasteiger partial charge in [-0.2, -0.15) is 23.0 Å². The minimum Gasteiger partial charge on any atom is -0.323 e. The van der Waals surface area contributed by atoms with Gasteiger partial charge in [-0.15, -0.1) is 5.10 Å². The van der Waals surface area contributed by atoms with Crippen molar-refractivity contribution in [3.05, 3.63) is 65.7 Å². The second kappa shape index (κ2) is 9.02. The first-order valence-corrected chi connectivity index (χ1v) is 10.6. The molecule has 0 fully saturated rings. The Morgan fingerprint density at radius 3 is 2.70 bits per heavy atom. The second-order valence-electron chi connectivity index (χ2n) is 7.00. The number of halogens is 3. The predicted molar refractivity (Wildman–Crippen MR) is 114 cm³/mol. The second-order valence-corrected chi connectivity index (χ2v) is 7.94. The van der Waals surface area contributed by atoms with E-state index in [9.17, 15) is 18.0 Å². The fourth-order valence-corrected chi connectivity index (χ4v) is 3.73. The first kappa shape index (κ1) is 22.5. The number of hydrogen-bond acceptors (Lipinski definition) is 7. The number of aryl methyl sites for hydroxylation is 1. The number of tetrazole rings is 1. The molecule has 1 amide bonds. The summed E-state index contributed by atoms with van der Waals surface area (Å²) < 4.78 is 42.4. The summed E-state index contributed by atoms with van der Waals surface area (Å²) in [5.74, 6) is -0.658. The topological polar surface area (TPSA) is 103 Å². The van der Waals surface area contributed by atoms with Crippen molar-refractivity contribution in [2.45, 2.75) is 25.2 Å². The molecule has 13 heteroatoms. The summed E-state index contributed by atoms with van der Waals surface area (Å²) in [6.45, 7) is 3.90. The maximum atomic E-state index is 13.2. The molecule has 0 aliphatic carbocycles. The number of thioether (sulfide) groups is 1. The molecule has 2 aromatic carbocycles. The summed E-state index contributed by atoms with van der Waals surface area (Å²) in [7, 11) is 0. The Hall–Kier alpha value is -3.74. The Morgan fingerprint density at radius 1 is 1.15 bits per heavy atom. The number of aromatic nitrogens is 7. The van der Waals surface area contributed by atoms with Gasteiger partial charge in [-0.05, 0) is 59.7 Å². The molecule has 0 aliphatic rings. The van der Waals surface area contributed by atoms with E-state index in [1.807, 2.05) is 32.0 Å². The number of carbonyl (C=O) groups is 1. The molecule has 0 saturated heterocycles. The van der Waals surface area contributed by atoms with Crippen molar-refractivity contribution in [1.82, 2.24) is 35.0 Å². The SMILES string of the molecule is Cc1cccc(-n2nnnc2SCC(=O)Nc2cc(C(F)(F)F)ccc2-n2cncn2)c1C. The van der Waals surface area contributed by atoms with Crippen LogP contribution in [-0.2, 0) is 11.0 Å². The normalized spacial score (nSPS) is 11.5. The number of rotatable bonds is 6. The quantitative estimate of drug-likeness (QED) is 0.426. The number of amides is 1. The van der Waals surface area contributed by atoms with E-state index in [4.69, 9.17) is 0 Å². The summed E-state index contributed by atoms with van der Waals surface area (Å²) in [6, 6.07) is 8.70. The first-order chi connectivity index (χ1) is 15.7. The van der Waals surface area contributed by atoms with Crippen LogP contribution in [0.3, 0.4) is 0 Å². The number of carbonyl (C=O) groups excluding carboxylic acids is 1. The van der Waals surface area contributed by atoms with E-state index in [0.717, 1.165) is 40.7 Å². The van der Waals surface area contributed by atoms with Crippen molar-refractivity contribution in [3.63, 3.8) is 0 Å². The summed E-state index contributed by atoms with van der Waals surface area (Å²) in [5.41, 5.74) is 2.12. The fourth-order valence-electron chi connectivity index (χ4n) is 3.05. The molecule has 0 spiro atoms. The molecule has 2 heterocycles. The van der Waals surface area contributed by atoms with E-state index in [0.29, 0.717) is 5.16 Å². The monoisotopic (exact) mass is 474 g/mol. The largest absolute Gasteiger partial charge is 0.416 e. The summed E-state index contributed by atoms with van der Waals surface area (Å²) in [6.07, 6.45) is -2.00. The molecule has 0 aliphatic heterocycles. The Balaban J connectivity index is 1.54. The number of anilines is 1. The van der Waals surface area contributed by atoms with Crippen LogP contribution in [0.4, 0.5) is 18.9 Å². The maximum absolute atomic E-state index is 13.2. The number of benzene rings is 2. The highest BCUT2D eigenvalue weighted by Gasteiger charge is 2.31. The molecule has 1 N–H and O–H groups in total. The van der Waals surface area contributed by atoms with Gasteiger partial charge in [0.25, 0.3) is 0 Å². The third-order valence-electron chi connectivity index (χ3n) is 4.84. The van der Waals surface area contributed by atoms with Crippen molar-refractivity contribution in [2.75, 3.05) is 11.1 Å². The van der Waals surface area contributed by atoms with Crippen molar-refractivity contribution in [1.29, 1.82) is 0 Å². The highest BCUT2D eigenvalue weighted by molar-refractivity contribution is 7.99. The van der Waals surface area contributed by atoms with Gasteiger partial charge in [0.05, 0.1) is 28.4 Å². The lowest BCUT2D eigenvalue weighted by atomic mass is 10.1. The van der Waals surface area contributed by atoms with E-state index >= 15 is 0 Å². The molecule has 33 heavy (non-hydrogen) atoms. The Kier molecular flexibility index (Phi) is 6.14. The van der Waals surface area contributed by atoms with Crippen molar-refractivity contribution in [2.24, 2.45) is 0 Å². The molecule has 0 saturated carbocycles. The number of nitrogens with zero attached hydrogens (tertiary/aromatic N) is 7. The van der Waals surface area contributed by atoms with Crippen LogP contribution >= 0.6 is 11.8 Å². The van der Waals surface area contributed by atoms with Crippen molar-refractivity contribution < 1.29 is 18.0 Å². The van der Waals surface area contributed by atoms with Gasteiger partial charge >= 0.3 is 6.18 Å². The molecular weight excluding hydrogens is 457 g/mol. The van der Waals surface area contributed by atoms with E-state index in [1.165, 1.54) is 28.1 Å². The minimum atomic E-state index is -4.57. The zero-order valence-electron chi connectivity index (χ0n) is 17.4. The van der Waals surface area contributed by atoms with Gasteiger partial charge in [0.15, 0.2) is 0 Å². The van der Waals surface area contributed by atoms with Gasteiger partial charge in [-0.3, -0.25) is 4.79 Å². The van der Waals surface area contributed by atoms with Crippen LogP contribution < -0.4 is 5.32 Å². The lowest BCUT2D eigenvalue weighted by Crippen LogP contribution is -2.17. The molecule has 170 valence electrons. The van der Waals surface area contributed by atoms with E-state index in [2.05, 4.69) is 30.9 Å². The smallest absolute Gasteiger partial charge is 0.323 e. The van der Waals surface area contributed by atoms with Crippen LogP contribution in [0.25, 0.3) is 11.4 Å². The van der Waals surface area contributed by atoms with Crippen LogP contribution in [-0.4, -0.2) is 46.6 Å². The molecule has 9 nitrogen and oxygen atoms in total. The average molecular weight is 474 g/mol. The third kappa shape index (κ3) is 4.87. The highest BCUT2D eigenvalue weighted by Crippen LogP contribution is 2.33. The molecule has 4 rings (SSSR count). The van der Waals surface area contributed by atoms with Gasteiger partial charge in [0.1, 0.15) is 12.7 Å². The Morgan fingerprint density at radius 2 is 1.97 bits per heavy atom. The van der Waals surface area contributed by atoms with E-state index in [1.54, 1.807) is 0 Å². The van der Waals surface area contributed by atoms with Crippen LogP contribution in [0, 0.1) is 13.8 Å². The average Bonchev–Trinajstić information content (AvgIpc) is 3.46. The van der Waals surface area contributed by atoms with Crippen LogP contribution in [0.5, 0.6) is 0 Å². The standard InChI is InChI=1S/C20H17F3N8OS/c1-12-4-3-5-16(13(12)2)31-19(27-28-29-31)33-9-18(32)26-15-8-14(20(21,22)23)6-7-17(15)30-11-24-10-25-30/h3-8,10-11H,9H2,1-2H3,(H,26,32). The van der Waals surface area contributed by atoms with Gasteiger partial charge in [-0.1, -0.05) is 23.9 Å². The number of nitrogens with one attached hydrogen (secondary N) is 1. The van der Waals surface area contributed by atoms with E-state index < -0.39 is 17.6 Å². The summed E-state index contributed by atoms with van der Waals surface area (Å²) in [4.78, 5) is 16.4. The van der Waals surface area contributed by atoms with Gasteiger partial charge in [0, 0.05) is 0 Å². The Bertz CT molecular complexity index is 1290. The highest BCUT2D eigenvalue weighted by atomic mass is 32.2. The molecule has 2 aromatic heterocycles. The van der Waals surface area contributed by atoms with Crippen molar-refractivity contribution >= 4 is 23.4 Å². The first-order valence-electron chi connectivity index (χ1n) is 9.58. The number of hydrogen-bond donors (Lipinski definition) is 1. The lowest BCUT2D eigenvalue weighted by Gasteiger charge is -2.14. The van der Waals surface area contributed by atoms with Gasteiger partial charge in [0.2, 0.25) is 11.1 Å². The van der Waals surface area contributed by atoms with Crippen LogP contribution in [0.2, 0.25) is 0 Å². The Labute approximate surface area is 190 Å². The molecule has 0 radical (unpaired) electrons. The predicted octanol–water partition coefficient (Wildman–Crippen LogP) is 3.61. The molecule has 0 bridgehead atoms. The zero-order chi connectivity index (χ0) is 23.6. The van der Waals surface area contributed by atoms with E-state index in [-0.39, 0.29) is 17.1 Å². The van der Waals surface area contributed by atoms with Crippen LogP contribution in [0.15, 0.2) is 54.2 Å². The summed E-state index contributed by atoms with van der Waals surface area (Å²) in [5, 5.41) is 18.5. The third-order valence-corrected chi connectivity index (χ3v) is 5.76. The molecule has 0 atom stereocenters. The maximum Gasteiger partial charge on any atom is 0.416 e. The molecule has 0 unspecified atom stereocenters. The lowest BCUT2D eigenvalue weighted by molar-refractivity contribution is -0.137. The minimum absolute atomic E-state index is 0.0463. The van der Waals surface area contributed by atoms with Crippen molar-refractivity contribution in [3.8, 4) is 11.4 Å². The van der Waals surface area contributed by atoms with Crippen LogP contribution in [0.1, 0.15) is 16.7 Å².